The summed E-state index contributed by atoms with van der Waals surface area (Å²) in [5.74, 6) is 0. The predicted molar refractivity (Wildman–Crippen MR) is 201 cm³/mol. The van der Waals surface area contributed by atoms with Crippen LogP contribution in [0.15, 0.2) is 150 Å². The van der Waals surface area contributed by atoms with Crippen molar-refractivity contribution in [1.29, 1.82) is 0 Å². The molecule has 5 aromatic heterocycles. The number of benzene rings is 7. The molecule has 12 rings (SSSR count). The second-order valence-electron chi connectivity index (χ2n) is 13.0. The van der Waals surface area contributed by atoms with Crippen molar-refractivity contribution in [1.82, 2.24) is 18.9 Å². The van der Waals surface area contributed by atoms with Gasteiger partial charge in [0.15, 0.2) is 5.65 Å². The summed E-state index contributed by atoms with van der Waals surface area (Å²) in [6, 6.07) is 51.7. The van der Waals surface area contributed by atoms with Crippen LogP contribution in [-0.2, 0) is 0 Å². The van der Waals surface area contributed by atoms with Gasteiger partial charge in [0.05, 0.1) is 33.1 Å². The Kier molecular flexibility index (Phi) is 4.66. The van der Waals surface area contributed by atoms with E-state index in [0.717, 1.165) is 77.4 Å². The van der Waals surface area contributed by atoms with Crippen LogP contribution in [0.3, 0.4) is 0 Å². The monoisotopic (exact) mass is 624 g/mol. The maximum absolute atomic E-state index is 6.40. The first kappa shape index (κ1) is 25.4. The van der Waals surface area contributed by atoms with Gasteiger partial charge >= 0.3 is 0 Å². The van der Waals surface area contributed by atoms with E-state index in [4.69, 9.17) is 14.4 Å². The van der Waals surface area contributed by atoms with Gasteiger partial charge in [-0.25, -0.2) is 9.97 Å². The molecule has 49 heavy (non-hydrogen) atoms. The second kappa shape index (κ2) is 9.00. The average Bonchev–Trinajstić information content (AvgIpc) is 3.89. The molecule has 0 atom stereocenters. The van der Waals surface area contributed by atoms with Gasteiger partial charge in [-0.1, -0.05) is 72.8 Å². The van der Waals surface area contributed by atoms with E-state index in [1.54, 1.807) is 0 Å². The highest BCUT2D eigenvalue weighted by Gasteiger charge is 2.24. The smallest absolute Gasteiger partial charge is 0.165 e. The molecule has 12 aromatic rings. The third-order valence-corrected chi connectivity index (χ3v) is 10.4. The fourth-order valence-electron chi connectivity index (χ4n) is 8.35. The van der Waals surface area contributed by atoms with E-state index < -0.39 is 0 Å². The third kappa shape index (κ3) is 3.24. The van der Waals surface area contributed by atoms with Crippen LogP contribution in [-0.4, -0.2) is 18.9 Å². The molecular formula is C44H24N4O. The van der Waals surface area contributed by atoms with Gasteiger partial charge in [-0.05, 0) is 83.9 Å². The summed E-state index contributed by atoms with van der Waals surface area (Å²) in [4.78, 5) is 10.5. The number of furan rings is 1. The lowest BCUT2D eigenvalue weighted by Gasteiger charge is -2.08. The van der Waals surface area contributed by atoms with Crippen LogP contribution in [0.1, 0.15) is 0 Å². The lowest BCUT2D eigenvalue weighted by atomic mass is 9.97. The fraction of sp³-hybridized carbons (Fsp3) is 0. The number of rotatable bonds is 2. The SMILES string of the molecule is c1ccc(-n2c3ccccc3c3cc(-c4cc5c6nc7ccccc7nc6n6c7ccc8oc9ccccc9c8c7c(c4)c56)ccc32)cc1. The molecule has 0 aliphatic rings. The number of aromatic nitrogens is 4. The van der Waals surface area contributed by atoms with Crippen molar-refractivity contribution in [2.75, 3.05) is 0 Å². The van der Waals surface area contributed by atoms with E-state index in [2.05, 4.69) is 124 Å². The largest absolute Gasteiger partial charge is 0.456 e. The summed E-state index contributed by atoms with van der Waals surface area (Å²) < 4.78 is 11.1. The van der Waals surface area contributed by atoms with Crippen molar-refractivity contribution in [3.63, 3.8) is 0 Å². The lowest BCUT2D eigenvalue weighted by Crippen LogP contribution is -1.92. The Balaban J connectivity index is 1.23. The maximum Gasteiger partial charge on any atom is 0.165 e. The van der Waals surface area contributed by atoms with Crippen molar-refractivity contribution in [3.8, 4) is 16.8 Å². The van der Waals surface area contributed by atoms with E-state index >= 15 is 0 Å². The fourth-order valence-corrected chi connectivity index (χ4v) is 8.35. The van der Waals surface area contributed by atoms with Crippen LogP contribution in [0, 0.1) is 0 Å². The average molecular weight is 625 g/mol. The minimum Gasteiger partial charge on any atom is -0.456 e. The van der Waals surface area contributed by atoms with E-state index in [1.807, 2.05) is 30.3 Å². The zero-order chi connectivity index (χ0) is 31.8. The molecular weight excluding hydrogens is 601 g/mol. The molecule has 0 fully saturated rings. The van der Waals surface area contributed by atoms with Gasteiger partial charge in [0.1, 0.15) is 16.7 Å². The van der Waals surface area contributed by atoms with Gasteiger partial charge in [0, 0.05) is 43.4 Å². The molecule has 5 heteroatoms. The lowest BCUT2D eigenvalue weighted by molar-refractivity contribution is 0.669. The Bertz CT molecular complexity index is 3330. The quantitative estimate of drug-likeness (QED) is 0.192. The Morgan fingerprint density at radius 2 is 1.14 bits per heavy atom. The first-order valence-corrected chi connectivity index (χ1v) is 16.6. The van der Waals surface area contributed by atoms with Crippen LogP contribution in [0.5, 0.6) is 0 Å². The Labute approximate surface area is 278 Å². The zero-order valence-electron chi connectivity index (χ0n) is 26.1. The van der Waals surface area contributed by atoms with Crippen molar-refractivity contribution in [2.45, 2.75) is 0 Å². The van der Waals surface area contributed by atoms with E-state index in [1.165, 1.54) is 32.6 Å². The molecule has 0 amide bonds. The predicted octanol–water partition coefficient (Wildman–Crippen LogP) is 11.4. The van der Waals surface area contributed by atoms with E-state index in [0.29, 0.717) is 0 Å². The minimum absolute atomic E-state index is 0.874. The van der Waals surface area contributed by atoms with Crippen LogP contribution >= 0.6 is 0 Å². The molecule has 0 saturated carbocycles. The van der Waals surface area contributed by atoms with E-state index in [-0.39, 0.29) is 0 Å². The van der Waals surface area contributed by atoms with Crippen LogP contribution < -0.4 is 0 Å². The molecule has 0 spiro atoms. The van der Waals surface area contributed by atoms with Gasteiger partial charge in [-0.15, -0.1) is 0 Å². The normalized spacial score (nSPS) is 12.5. The van der Waals surface area contributed by atoms with Gasteiger partial charge < -0.3 is 8.98 Å². The number of hydrogen-bond donors (Lipinski definition) is 0. The second-order valence-corrected chi connectivity index (χ2v) is 13.0. The van der Waals surface area contributed by atoms with Crippen LogP contribution in [0.4, 0.5) is 0 Å². The standard InChI is InChI=1S/C44H24N4O/c1-2-10-27(11-3-1)47-35-16-8-4-12-28(35)30-22-25(18-19-36(30)47)26-23-31-40-37(20-21-39-41(40)29-13-5-9-17-38(29)49-39)48-43(31)32(24-26)42-44(48)46-34-15-7-6-14-33(34)45-42/h1-24H. The van der Waals surface area contributed by atoms with Crippen molar-refractivity contribution < 1.29 is 4.42 Å². The summed E-state index contributed by atoms with van der Waals surface area (Å²) in [6.07, 6.45) is 0. The molecule has 7 aromatic carbocycles. The Morgan fingerprint density at radius 3 is 2.04 bits per heavy atom. The van der Waals surface area contributed by atoms with Crippen molar-refractivity contribution in [2.24, 2.45) is 0 Å². The van der Waals surface area contributed by atoms with Gasteiger partial charge in [0.2, 0.25) is 0 Å². The molecule has 0 unspecified atom stereocenters. The number of hydrogen-bond acceptors (Lipinski definition) is 3. The highest BCUT2D eigenvalue weighted by molar-refractivity contribution is 6.32. The summed E-state index contributed by atoms with van der Waals surface area (Å²) in [5.41, 5.74) is 13.5. The first-order valence-electron chi connectivity index (χ1n) is 16.6. The topological polar surface area (TPSA) is 48.3 Å². The summed E-state index contributed by atoms with van der Waals surface area (Å²) in [6.45, 7) is 0. The summed E-state index contributed by atoms with van der Waals surface area (Å²) in [7, 11) is 0. The third-order valence-electron chi connectivity index (χ3n) is 10.4. The van der Waals surface area contributed by atoms with Crippen molar-refractivity contribution >= 4 is 93.1 Å². The summed E-state index contributed by atoms with van der Waals surface area (Å²) in [5, 5.41) is 8.18. The molecule has 0 radical (unpaired) electrons. The van der Waals surface area contributed by atoms with Crippen LogP contribution in [0.2, 0.25) is 0 Å². The Hall–Kier alpha value is -6.72. The molecule has 5 heterocycles. The molecule has 226 valence electrons. The highest BCUT2D eigenvalue weighted by atomic mass is 16.3. The number of para-hydroxylation sites is 5. The molecule has 0 bridgehead atoms. The van der Waals surface area contributed by atoms with Crippen molar-refractivity contribution in [3.05, 3.63) is 146 Å². The minimum atomic E-state index is 0.874. The van der Waals surface area contributed by atoms with Gasteiger partial charge in [-0.2, -0.15) is 0 Å². The summed E-state index contributed by atoms with van der Waals surface area (Å²) >= 11 is 0. The Morgan fingerprint density at radius 1 is 0.449 bits per heavy atom. The highest BCUT2D eigenvalue weighted by Crippen LogP contribution is 2.46. The molecule has 0 N–H and O–H groups in total. The van der Waals surface area contributed by atoms with Gasteiger partial charge in [-0.3, -0.25) is 4.40 Å². The number of nitrogens with zero attached hydrogens (tertiary/aromatic N) is 4. The molecule has 0 saturated heterocycles. The molecule has 5 nitrogen and oxygen atoms in total. The molecule has 0 aliphatic heterocycles. The first-order chi connectivity index (χ1) is 24.3. The van der Waals surface area contributed by atoms with E-state index in [9.17, 15) is 0 Å². The maximum atomic E-state index is 6.40. The van der Waals surface area contributed by atoms with Gasteiger partial charge in [0.25, 0.3) is 0 Å². The zero-order valence-corrected chi connectivity index (χ0v) is 26.1. The number of fused-ring (bicyclic) bond motifs is 14. The van der Waals surface area contributed by atoms with Crippen LogP contribution in [0.25, 0.3) is 110 Å². The molecule has 0 aliphatic carbocycles.